The Balaban J connectivity index is 1.56. The van der Waals surface area contributed by atoms with E-state index in [1.165, 1.54) is 12.1 Å². The lowest BCUT2D eigenvalue weighted by Crippen LogP contribution is -2.28. The normalized spacial score (nSPS) is 19.8. The van der Waals surface area contributed by atoms with Gasteiger partial charge in [-0.25, -0.2) is 4.39 Å². The standard InChI is InChI=1S/C17H14Cl2FNO/c18-11-3-6-13(15(19)8-11)14-9-16(14)21-17(22)7-10-1-4-12(20)5-2-10/h1-6,8,14,16H,7,9H2,(H,21,22)/t14-,16+/m0/s1. The summed E-state index contributed by atoms with van der Waals surface area (Å²) < 4.78 is 12.8. The van der Waals surface area contributed by atoms with Crippen molar-refractivity contribution in [2.24, 2.45) is 0 Å². The molecule has 1 N–H and O–H groups in total. The minimum Gasteiger partial charge on any atom is -0.352 e. The van der Waals surface area contributed by atoms with E-state index < -0.39 is 0 Å². The third kappa shape index (κ3) is 3.60. The molecule has 2 nitrogen and oxygen atoms in total. The largest absolute Gasteiger partial charge is 0.352 e. The van der Waals surface area contributed by atoms with Gasteiger partial charge in [0.05, 0.1) is 6.42 Å². The molecule has 114 valence electrons. The monoisotopic (exact) mass is 337 g/mol. The second-order valence-electron chi connectivity index (χ2n) is 5.49. The number of carbonyl (C=O) groups excluding carboxylic acids is 1. The summed E-state index contributed by atoms with van der Waals surface area (Å²) >= 11 is 12.1. The maximum Gasteiger partial charge on any atom is 0.224 e. The molecule has 0 bridgehead atoms. The summed E-state index contributed by atoms with van der Waals surface area (Å²) in [6, 6.07) is 11.5. The smallest absolute Gasteiger partial charge is 0.224 e. The van der Waals surface area contributed by atoms with Crippen molar-refractivity contribution in [2.45, 2.75) is 24.8 Å². The number of hydrogen-bond acceptors (Lipinski definition) is 1. The number of nitrogens with one attached hydrogen (secondary N) is 1. The average molecular weight is 338 g/mol. The van der Waals surface area contributed by atoms with Crippen LogP contribution in [0.3, 0.4) is 0 Å². The highest BCUT2D eigenvalue weighted by molar-refractivity contribution is 6.35. The predicted molar refractivity (Wildman–Crippen MR) is 85.9 cm³/mol. The molecule has 22 heavy (non-hydrogen) atoms. The van der Waals surface area contributed by atoms with Crippen molar-refractivity contribution in [3.63, 3.8) is 0 Å². The molecule has 0 heterocycles. The first-order chi connectivity index (χ1) is 10.5. The van der Waals surface area contributed by atoms with Gasteiger partial charge < -0.3 is 5.32 Å². The molecule has 2 aromatic rings. The first kappa shape index (κ1) is 15.3. The van der Waals surface area contributed by atoms with Crippen molar-refractivity contribution < 1.29 is 9.18 Å². The second-order valence-corrected chi connectivity index (χ2v) is 6.33. The van der Waals surface area contributed by atoms with Crippen LogP contribution < -0.4 is 5.32 Å². The lowest BCUT2D eigenvalue weighted by molar-refractivity contribution is -0.120. The van der Waals surface area contributed by atoms with Crippen LogP contribution in [0.25, 0.3) is 0 Å². The summed E-state index contributed by atoms with van der Waals surface area (Å²) in [6.07, 6.45) is 1.12. The van der Waals surface area contributed by atoms with Crippen molar-refractivity contribution in [1.82, 2.24) is 5.32 Å². The minimum atomic E-state index is -0.302. The summed E-state index contributed by atoms with van der Waals surface area (Å²) in [5.41, 5.74) is 1.80. The van der Waals surface area contributed by atoms with Gasteiger partial charge in [-0.1, -0.05) is 41.4 Å². The summed E-state index contributed by atoms with van der Waals surface area (Å²) in [7, 11) is 0. The molecule has 0 radical (unpaired) electrons. The first-order valence-corrected chi connectivity index (χ1v) is 7.77. The zero-order chi connectivity index (χ0) is 15.7. The van der Waals surface area contributed by atoms with E-state index in [2.05, 4.69) is 5.32 Å². The fourth-order valence-electron chi connectivity index (χ4n) is 2.55. The highest BCUT2D eigenvalue weighted by atomic mass is 35.5. The molecule has 5 heteroatoms. The molecular weight excluding hydrogens is 324 g/mol. The molecule has 1 amide bonds. The van der Waals surface area contributed by atoms with Gasteiger partial charge >= 0.3 is 0 Å². The summed E-state index contributed by atoms with van der Waals surface area (Å²) in [6.45, 7) is 0. The number of halogens is 3. The molecule has 0 spiro atoms. The Morgan fingerprint density at radius 1 is 1.18 bits per heavy atom. The molecule has 0 aliphatic heterocycles. The first-order valence-electron chi connectivity index (χ1n) is 7.01. The fourth-order valence-corrected chi connectivity index (χ4v) is 3.09. The van der Waals surface area contributed by atoms with Gasteiger partial charge in [-0.15, -0.1) is 0 Å². The van der Waals surface area contributed by atoms with Gasteiger partial charge in [0.25, 0.3) is 0 Å². The second kappa shape index (κ2) is 6.27. The number of amides is 1. The van der Waals surface area contributed by atoms with Crippen LogP contribution in [0.5, 0.6) is 0 Å². The molecule has 0 unspecified atom stereocenters. The Hall–Kier alpha value is -1.58. The van der Waals surface area contributed by atoms with E-state index in [-0.39, 0.29) is 30.1 Å². The molecule has 2 atom stereocenters. The number of carbonyl (C=O) groups is 1. The van der Waals surface area contributed by atoms with Crippen molar-refractivity contribution in [3.8, 4) is 0 Å². The predicted octanol–water partition coefficient (Wildman–Crippen LogP) is 4.35. The summed E-state index contributed by atoms with van der Waals surface area (Å²) in [5.74, 6) is -0.130. The highest BCUT2D eigenvalue weighted by Gasteiger charge is 2.40. The van der Waals surface area contributed by atoms with Gasteiger partial charge in [0.1, 0.15) is 5.82 Å². The van der Waals surface area contributed by atoms with Crippen LogP contribution in [0.1, 0.15) is 23.5 Å². The van der Waals surface area contributed by atoms with E-state index in [4.69, 9.17) is 23.2 Å². The van der Waals surface area contributed by atoms with Gasteiger partial charge in [-0.05, 0) is 41.8 Å². The Morgan fingerprint density at radius 2 is 1.91 bits per heavy atom. The maximum absolute atomic E-state index is 12.8. The number of rotatable bonds is 4. The Kier molecular flexibility index (Phi) is 4.37. The van der Waals surface area contributed by atoms with E-state index in [0.29, 0.717) is 10.0 Å². The molecule has 3 rings (SSSR count). The lowest BCUT2D eigenvalue weighted by Gasteiger charge is -2.07. The zero-order valence-corrected chi connectivity index (χ0v) is 13.2. The van der Waals surface area contributed by atoms with Crippen molar-refractivity contribution in [1.29, 1.82) is 0 Å². The molecule has 1 aliphatic carbocycles. The van der Waals surface area contributed by atoms with Gasteiger partial charge in [-0.3, -0.25) is 4.79 Å². The van der Waals surface area contributed by atoms with E-state index in [1.807, 2.05) is 6.07 Å². The van der Waals surface area contributed by atoms with Crippen LogP contribution in [0.2, 0.25) is 10.0 Å². The summed E-state index contributed by atoms with van der Waals surface area (Å²) in [5, 5.41) is 4.22. The SMILES string of the molecule is O=C(Cc1ccc(F)cc1)N[C@@H]1C[C@H]1c1ccc(Cl)cc1Cl. The van der Waals surface area contributed by atoms with Crippen LogP contribution in [0.15, 0.2) is 42.5 Å². The van der Waals surface area contributed by atoms with Crippen LogP contribution in [-0.2, 0) is 11.2 Å². The molecule has 1 aliphatic rings. The molecule has 1 fully saturated rings. The summed E-state index contributed by atoms with van der Waals surface area (Å²) in [4.78, 5) is 12.0. The van der Waals surface area contributed by atoms with Gasteiger partial charge in [0.15, 0.2) is 0 Å². The van der Waals surface area contributed by atoms with Crippen LogP contribution >= 0.6 is 23.2 Å². The van der Waals surface area contributed by atoms with Crippen molar-refractivity contribution >= 4 is 29.1 Å². The molecule has 1 saturated carbocycles. The fraction of sp³-hybridized carbons (Fsp3) is 0.235. The van der Waals surface area contributed by atoms with Crippen LogP contribution in [-0.4, -0.2) is 11.9 Å². The Morgan fingerprint density at radius 3 is 2.59 bits per heavy atom. The molecule has 0 saturated heterocycles. The lowest BCUT2D eigenvalue weighted by atomic mass is 10.1. The van der Waals surface area contributed by atoms with E-state index in [0.717, 1.165) is 17.5 Å². The van der Waals surface area contributed by atoms with Gasteiger partial charge in [0.2, 0.25) is 5.91 Å². The topological polar surface area (TPSA) is 29.1 Å². The third-order valence-electron chi connectivity index (χ3n) is 3.78. The third-order valence-corrected chi connectivity index (χ3v) is 4.34. The highest BCUT2D eigenvalue weighted by Crippen LogP contribution is 2.44. The Bertz CT molecular complexity index is 702. The quantitative estimate of drug-likeness (QED) is 0.882. The van der Waals surface area contributed by atoms with Crippen LogP contribution in [0, 0.1) is 5.82 Å². The van der Waals surface area contributed by atoms with Crippen molar-refractivity contribution in [3.05, 3.63) is 69.5 Å². The number of benzene rings is 2. The molecular formula is C17H14Cl2FNO. The zero-order valence-electron chi connectivity index (χ0n) is 11.7. The van der Waals surface area contributed by atoms with E-state index in [1.54, 1.807) is 24.3 Å². The minimum absolute atomic E-state index is 0.0656. The average Bonchev–Trinajstić information content (AvgIpc) is 3.20. The maximum atomic E-state index is 12.8. The van der Waals surface area contributed by atoms with E-state index >= 15 is 0 Å². The van der Waals surface area contributed by atoms with Gasteiger partial charge in [0, 0.05) is 22.0 Å². The molecule has 0 aromatic heterocycles. The van der Waals surface area contributed by atoms with E-state index in [9.17, 15) is 9.18 Å². The van der Waals surface area contributed by atoms with Crippen molar-refractivity contribution in [2.75, 3.05) is 0 Å². The number of hydrogen-bond donors (Lipinski definition) is 1. The molecule has 2 aromatic carbocycles. The Labute approximate surface area is 138 Å². The van der Waals surface area contributed by atoms with Crippen LogP contribution in [0.4, 0.5) is 4.39 Å². The van der Waals surface area contributed by atoms with Gasteiger partial charge in [-0.2, -0.15) is 0 Å².